The van der Waals surface area contributed by atoms with Crippen molar-refractivity contribution in [1.82, 2.24) is 15.2 Å². The van der Waals surface area contributed by atoms with Gasteiger partial charge in [-0.1, -0.05) is 29.8 Å². The van der Waals surface area contributed by atoms with Crippen LogP contribution < -0.4 is 5.32 Å². The van der Waals surface area contributed by atoms with Gasteiger partial charge < -0.3 is 10.2 Å². The van der Waals surface area contributed by atoms with Crippen LogP contribution in [0, 0.1) is 0 Å². The van der Waals surface area contributed by atoms with Gasteiger partial charge in [-0.15, -0.1) is 0 Å². The third-order valence-corrected chi connectivity index (χ3v) is 3.94. The first-order valence-electron chi connectivity index (χ1n) is 6.91. The summed E-state index contributed by atoms with van der Waals surface area (Å²) in [6.45, 7) is 0.861. The molecule has 3 rings (SSSR count). The molecule has 1 aromatic carbocycles. The van der Waals surface area contributed by atoms with Crippen molar-refractivity contribution in [3.8, 4) is 0 Å². The number of benzene rings is 1. The fraction of sp³-hybridized carbons (Fsp3) is 0.188. The third-order valence-electron chi connectivity index (χ3n) is 3.60. The molecule has 2 aromatic rings. The van der Waals surface area contributed by atoms with Crippen LogP contribution in [0.1, 0.15) is 22.0 Å². The molecule has 6 heteroatoms. The summed E-state index contributed by atoms with van der Waals surface area (Å²) >= 11 is 6.21. The molecule has 0 aliphatic carbocycles. The monoisotopic (exact) mass is 315 g/mol. The molecule has 0 radical (unpaired) electrons. The highest BCUT2D eigenvalue weighted by Crippen LogP contribution is 2.30. The molecular formula is C16H14ClN3O2. The summed E-state index contributed by atoms with van der Waals surface area (Å²) in [5.41, 5.74) is 1.13. The molecule has 1 aliphatic heterocycles. The van der Waals surface area contributed by atoms with Gasteiger partial charge in [0.05, 0.1) is 0 Å². The second-order valence-electron chi connectivity index (χ2n) is 4.95. The van der Waals surface area contributed by atoms with E-state index in [1.54, 1.807) is 53.7 Å². The van der Waals surface area contributed by atoms with Crippen molar-refractivity contribution in [2.45, 2.75) is 6.04 Å². The van der Waals surface area contributed by atoms with E-state index in [1.807, 2.05) is 0 Å². The minimum atomic E-state index is -0.719. The Morgan fingerprint density at radius 1 is 1.23 bits per heavy atom. The van der Waals surface area contributed by atoms with Gasteiger partial charge in [0.1, 0.15) is 6.04 Å². The average Bonchev–Trinajstić information content (AvgIpc) is 2.56. The lowest BCUT2D eigenvalue weighted by Crippen LogP contribution is -2.52. The van der Waals surface area contributed by atoms with Gasteiger partial charge in [-0.2, -0.15) is 0 Å². The van der Waals surface area contributed by atoms with Crippen LogP contribution >= 0.6 is 11.6 Å². The Labute approximate surface area is 132 Å². The number of halogens is 1. The maximum absolute atomic E-state index is 12.7. The van der Waals surface area contributed by atoms with Gasteiger partial charge >= 0.3 is 0 Å². The van der Waals surface area contributed by atoms with Crippen molar-refractivity contribution in [3.63, 3.8) is 0 Å². The molecule has 0 unspecified atom stereocenters. The summed E-state index contributed by atoms with van der Waals surface area (Å²) in [6, 6.07) is 9.64. The van der Waals surface area contributed by atoms with Crippen LogP contribution in [0.5, 0.6) is 0 Å². The van der Waals surface area contributed by atoms with E-state index in [1.165, 1.54) is 0 Å². The van der Waals surface area contributed by atoms with E-state index in [0.29, 0.717) is 29.2 Å². The molecule has 1 aromatic heterocycles. The van der Waals surface area contributed by atoms with Crippen molar-refractivity contribution in [2.75, 3.05) is 13.1 Å². The first-order valence-corrected chi connectivity index (χ1v) is 7.29. The van der Waals surface area contributed by atoms with E-state index in [0.717, 1.165) is 0 Å². The highest BCUT2D eigenvalue weighted by Gasteiger charge is 2.35. The van der Waals surface area contributed by atoms with E-state index in [9.17, 15) is 9.59 Å². The van der Waals surface area contributed by atoms with Crippen molar-refractivity contribution >= 4 is 23.4 Å². The summed E-state index contributed by atoms with van der Waals surface area (Å²) in [5, 5.41) is 3.26. The number of piperazine rings is 1. The maximum Gasteiger partial charge on any atom is 0.254 e. The smallest absolute Gasteiger partial charge is 0.254 e. The van der Waals surface area contributed by atoms with Crippen LogP contribution in [0.4, 0.5) is 0 Å². The number of nitrogens with zero attached hydrogens (tertiary/aromatic N) is 2. The van der Waals surface area contributed by atoms with Gasteiger partial charge in [0.25, 0.3) is 5.91 Å². The van der Waals surface area contributed by atoms with Crippen LogP contribution in [-0.2, 0) is 4.79 Å². The molecular weight excluding hydrogens is 302 g/mol. The molecule has 0 bridgehead atoms. The standard InChI is InChI=1S/C16H14ClN3O2/c17-13-4-2-1-3-12(13)14-15(21)19-9-10-20(14)16(22)11-5-7-18-8-6-11/h1-8,14H,9-10H2,(H,19,21)/t14-/m0/s1. The molecule has 22 heavy (non-hydrogen) atoms. The number of carbonyl (C=O) groups excluding carboxylic acids is 2. The Kier molecular flexibility index (Phi) is 4.06. The summed E-state index contributed by atoms with van der Waals surface area (Å²) < 4.78 is 0. The average molecular weight is 316 g/mol. The lowest BCUT2D eigenvalue weighted by molar-refractivity contribution is -0.128. The number of amides is 2. The second kappa shape index (κ2) is 6.15. The minimum absolute atomic E-state index is 0.206. The number of rotatable bonds is 2. The number of nitrogens with one attached hydrogen (secondary N) is 1. The fourth-order valence-corrected chi connectivity index (χ4v) is 2.79. The molecule has 1 N–H and O–H groups in total. The van der Waals surface area contributed by atoms with Gasteiger partial charge in [-0.3, -0.25) is 14.6 Å². The second-order valence-corrected chi connectivity index (χ2v) is 5.36. The molecule has 1 fully saturated rings. The van der Waals surface area contributed by atoms with Crippen molar-refractivity contribution in [2.24, 2.45) is 0 Å². The normalized spacial score (nSPS) is 18.0. The van der Waals surface area contributed by atoms with Gasteiger partial charge in [0.2, 0.25) is 5.91 Å². The number of hydrogen-bond donors (Lipinski definition) is 1. The summed E-state index contributed by atoms with van der Waals surface area (Å²) in [6.07, 6.45) is 3.11. The molecule has 0 spiro atoms. The van der Waals surface area contributed by atoms with Crippen LogP contribution in [0.25, 0.3) is 0 Å². The lowest BCUT2D eigenvalue weighted by Gasteiger charge is -2.35. The predicted molar refractivity (Wildman–Crippen MR) is 82.5 cm³/mol. The van der Waals surface area contributed by atoms with E-state index < -0.39 is 6.04 Å². The lowest BCUT2D eigenvalue weighted by atomic mass is 10.0. The quantitative estimate of drug-likeness (QED) is 0.922. The molecule has 0 saturated carbocycles. The molecule has 5 nitrogen and oxygen atoms in total. The molecule has 1 saturated heterocycles. The van der Waals surface area contributed by atoms with Crippen LogP contribution in [0.3, 0.4) is 0 Å². The first-order chi connectivity index (χ1) is 10.7. The van der Waals surface area contributed by atoms with Gasteiger partial charge in [0, 0.05) is 41.6 Å². The topological polar surface area (TPSA) is 62.3 Å². The van der Waals surface area contributed by atoms with Crippen molar-refractivity contribution in [1.29, 1.82) is 0 Å². The Morgan fingerprint density at radius 2 is 1.95 bits per heavy atom. The third kappa shape index (κ3) is 2.67. The summed E-state index contributed by atoms with van der Waals surface area (Å²) in [4.78, 5) is 30.5. The summed E-state index contributed by atoms with van der Waals surface area (Å²) in [7, 11) is 0. The Morgan fingerprint density at radius 3 is 2.68 bits per heavy atom. The predicted octanol–water partition coefficient (Wildman–Crippen LogP) is 2.05. The number of aromatic nitrogens is 1. The zero-order valence-corrected chi connectivity index (χ0v) is 12.5. The Hall–Kier alpha value is -2.40. The van der Waals surface area contributed by atoms with Crippen molar-refractivity contribution < 1.29 is 9.59 Å². The highest BCUT2D eigenvalue weighted by molar-refractivity contribution is 6.31. The first kappa shape index (κ1) is 14.5. The molecule has 2 amide bonds. The molecule has 1 atom stereocenters. The zero-order valence-electron chi connectivity index (χ0n) is 11.7. The number of carbonyl (C=O) groups is 2. The SMILES string of the molecule is O=C1NCCN(C(=O)c2ccncc2)[C@H]1c1ccccc1Cl. The highest BCUT2D eigenvalue weighted by atomic mass is 35.5. The Balaban J connectivity index is 1.99. The molecule has 2 heterocycles. The van der Waals surface area contributed by atoms with Gasteiger partial charge in [-0.05, 0) is 18.2 Å². The van der Waals surface area contributed by atoms with E-state index >= 15 is 0 Å². The van der Waals surface area contributed by atoms with E-state index in [-0.39, 0.29) is 11.8 Å². The van der Waals surface area contributed by atoms with Crippen LogP contribution in [-0.4, -0.2) is 34.8 Å². The largest absolute Gasteiger partial charge is 0.352 e. The maximum atomic E-state index is 12.7. The molecule has 1 aliphatic rings. The van der Waals surface area contributed by atoms with Crippen molar-refractivity contribution in [3.05, 3.63) is 64.9 Å². The van der Waals surface area contributed by atoms with Gasteiger partial charge in [0.15, 0.2) is 0 Å². The minimum Gasteiger partial charge on any atom is -0.352 e. The van der Waals surface area contributed by atoms with E-state index in [4.69, 9.17) is 11.6 Å². The van der Waals surface area contributed by atoms with Gasteiger partial charge in [-0.25, -0.2) is 0 Å². The van der Waals surface area contributed by atoms with Crippen LogP contribution in [0.15, 0.2) is 48.8 Å². The fourth-order valence-electron chi connectivity index (χ4n) is 2.55. The number of pyridine rings is 1. The molecule has 112 valence electrons. The van der Waals surface area contributed by atoms with E-state index in [2.05, 4.69) is 10.3 Å². The summed E-state index contributed by atoms with van der Waals surface area (Å²) in [5.74, 6) is -0.427. The zero-order chi connectivity index (χ0) is 15.5. The van der Waals surface area contributed by atoms with Crippen LogP contribution in [0.2, 0.25) is 5.02 Å². The Bertz CT molecular complexity index is 706. The number of hydrogen-bond acceptors (Lipinski definition) is 3.